The number of rotatable bonds is 8. The first kappa shape index (κ1) is 23.6. The standard InChI is InChI=1S/C23H25NO3.CH4N2O/c1-16-14-17(18-8-5-6-10-22(18)25-3)12-13-21(16)27-15-19-20(24-2)9-7-11-23(19)26-4;2-3-1-4/h5-14,24H,15H2,1-4H3;1H,2H2,(H,3,4). The minimum Gasteiger partial charge on any atom is -0.496 e. The van der Waals surface area contributed by atoms with Crippen molar-refractivity contribution in [3.63, 3.8) is 0 Å². The predicted molar refractivity (Wildman–Crippen MR) is 123 cm³/mol. The van der Waals surface area contributed by atoms with Gasteiger partial charge in [-0.2, -0.15) is 0 Å². The highest BCUT2D eigenvalue weighted by Crippen LogP contribution is 2.33. The second-order valence-corrected chi connectivity index (χ2v) is 6.49. The number of para-hydroxylation sites is 1. The SMILES string of the molecule is CNc1cccc(OC)c1COc1ccc(-c2ccccc2OC)cc1C.NNC=O. The number of anilines is 1. The van der Waals surface area contributed by atoms with Gasteiger partial charge >= 0.3 is 0 Å². The summed E-state index contributed by atoms with van der Waals surface area (Å²) in [6.45, 7) is 2.48. The third-order valence-electron chi connectivity index (χ3n) is 4.66. The van der Waals surface area contributed by atoms with Crippen LogP contribution in [0.15, 0.2) is 60.7 Å². The smallest absolute Gasteiger partial charge is 0.221 e. The number of ether oxygens (including phenoxy) is 3. The maximum atomic E-state index is 8.94. The van der Waals surface area contributed by atoms with E-state index in [1.807, 2.05) is 49.5 Å². The van der Waals surface area contributed by atoms with Gasteiger partial charge < -0.3 is 19.5 Å². The molecular weight excluding hydrogens is 394 g/mol. The van der Waals surface area contributed by atoms with E-state index in [2.05, 4.69) is 36.3 Å². The summed E-state index contributed by atoms with van der Waals surface area (Å²) in [6.07, 6.45) is 0.403. The summed E-state index contributed by atoms with van der Waals surface area (Å²) in [5.74, 6) is 6.93. The van der Waals surface area contributed by atoms with E-state index in [0.29, 0.717) is 13.0 Å². The highest BCUT2D eigenvalue weighted by molar-refractivity contribution is 5.71. The number of methoxy groups -OCH3 is 2. The molecule has 0 aliphatic carbocycles. The normalized spacial score (nSPS) is 9.71. The maximum absolute atomic E-state index is 8.94. The molecule has 7 nitrogen and oxygen atoms in total. The Bertz CT molecular complexity index is 970. The molecule has 0 unspecified atom stereocenters. The Morgan fingerprint density at radius 3 is 2.23 bits per heavy atom. The molecule has 3 aromatic rings. The summed E-state index contributed by atoms with van der Waals surface area (Å²) in [4.78, 5) is 8.94. The third-order valence-corrected chi connectivity index (χ3v) is 4.66. The molecule has 0 spiro atoms. The lowest BCUT2D eigenvalue weighted by Crippen LogP contribution is -2.18. The van der Waals surface area contributed by atoms with Crippen molar-refractivity contribution in [2.24, 2.45) is 5.84 Å². The summed E-state index contributed by atoms with van der Waals surface area (Å²) in [5, 5.41) is 3.19. The fourth-order valence-electron chi connectivity index (χ4n) is 3.15. The molecule has 0 aromatic heterocycles. The van der Waals surface area contributed by atoms with Gasteiger partial charge in [0.15, 0.2) is 0 Å². The number of carbonyl (C=O) groups excluding carboxylic acids is 1. The molecule has 1 amide bonds. The molecule has 31 heavy (non-hydrogen) atoms. The average Bonchev–Trinajstić information content (AvgIpc) is 2.83. The number of hydrazine groups is 1. The number of nitrogens with two attached hydrogens (primary N) is 1. The highest BCUT2D eigenvalue weighted by atomic mass is 16.5. The predicted octanol–water partition coefficient (Wildman–Crippen LogP) is 3.91. The summed E-state index contributed by atoms with van der Waals surface area (Å²) in [6, 6.07) is 20.1. The van der Waals surface area contributed by atoms with Crippen LogP contribution in [-0.4, -0.2) is 27.7 Å². The van der Waals surface area contributed by atoms with Crippen LogP contribution in [0, 0.1) is 6.92 Å². The monoisotopic (exact) mass is 423 g/mol. The Hall–Kier alpha value is -3.71. The van der Waals surface area contributed by atoms with Crippen LogP contribution in [0.25, 0.3) is 11.1 Å². The molecule has 0 fully saturated rings. The van der Waals surface area contributed by atoms with E-state index < -0.39 is 0 Å². The third kappa shape index (κ3) is 6.13. The van der Waals surface area contributed by atoms with E-state index in [1.54, 1.807) is 19.6 Å². The van der Waals surface area contributed by atoms with Crippen molar-refractivity contribution in [3.05, 3.63) is 71.8 Å². The summed E-state index contributed by atoms with van der Waals surface area (Å²) >= 11 is 0. The van der Waals surface area contributed by atoms with Gasteiger partial charge in [-0.15, -0.1) is 0 Å². The molecule has 0 aliphatic rings. The minimum absolute atomic E-state index is 0.403. The second-order valence-electron chi connectivity index (χ2n) is 6.49. The molecule has 3 aromatic carbocycles. The molecular formula is C24H29N3O4. The number of benzene rings is 3. The molecule has 0 bridgehead atoms. The van der Waals surface area contributed by atoms with Crippen molar-refractivity contribution in [2.75, 3.05) is 26.6 Å². The first-order valence-electron chi connectivity index (χ1n) is 9.69. The summed E-state index contributed by atoms with van der Waals surface area (Å²) in [5.41, 5.74) is 6.98. The number of hydrogen-bond donors (Lipinski definition) is 3. The van der Waals surface area contributed by atoms with Crippen LogP contribution < -0.4 is 30.8 Å². The maximum Gasteiger partial charge on any atom is 0.221 e. The van der Waals surface area contributed by atoms with Gasteiger partial charge in [-0.25, -0.2) is 5.84 Å². The van der Waals surface area contributed by atoms with Crippen molar-refractivity contribution in [3.8, 4) is 28.4 Å². The van der Waals surface area contributed by atoms with Gasteiger partial charge in [0.1, 0.15) is 23.9 Å². The average molecular weight is 424 g/mol. The number of nitrogens with one attached hydrogen (secondary N) is 2. The molecule has 7 heteroatoms. The molecule has 0 heterocycles. The molecule has 0 saturated heterocycles. The van der Waals surface area contributed by atoms with Crippen molar-refractivity contribution in [2.45, 2.75) is 13.5 Å². The Morgan fingerprint density at radius 1 is 0.935 bits per heavy atom. The van der Waals surface area contributed by atoms with Crippen LogP contribution in [0.3, 0.4) is 0 Å². The van der Waals surface area contributed by atoms with Crippen molar-refractivity contribution in [1.29, 1.82) is 0 Å². The Balaban J connectivity index is 0.000000785. The van der Waals surface area contributed by atoms with Gasteiger partial charge in [0, 0.05) is 18.3 Å². The zero-order valence-electron chi connectivity index (χ0n) is 18.3. The highest BCUT2D eigenvalue weighted by Gasteiger charge is 2.11. The Morgan fingerprint density at radius 2 is 1.61 bits per heavy atom. The fraction of sp³-hybridized carbons (Fsp3) is 0.208. The Kier molecular flexibility index (Phi) is 9.19. The van der Waals surface area contributed by atoms with Crippen LogP contribution in [0.4, 0.5) is 5.69 Å². The molecule has 164 valence electrons. The van der Waals surface area contributed by atoms with Gasteiger partial charge in [0.05, 0.1) is 19.8 Å². The molecule has 0 radical (unpaired) electrons. The fourth-order valence-corrected chi connectivity index (χ4v) is 3.15. The van der Waals surface area contributed by atoms with E-state index >= 15 is 0 Å². The topological polar surface area (TPSA) is 94.8 Å². The van der Waals surface area contributed by atoms with Crippen molar-refractivity contribution >= 4 is 12.1 Å². The van der Waals surface area contributed by atoms with Crippen LogP contribution in [0.2, 0.25) is 0 Å². The summed E-state index contributed by atoms with van der Waals surface area (Å²) < 4.78 is 17.1. The largest absolute Gasteiger partial charge is 0.496 e. The van der Waals surface area contributed by atoms with Crippen LogP contribution in [0.5, 0.6) is 17.2 Å². The molecule has 0 atom stereocenters. The lowest BCUT2D eigenvalue weighted by Gasteiger charge is -2.16. The number of hydrogen-bond acceptors (Lipinski definition) is 6. The second kappa shape index (κ2) is 12.1. The van der Waals surface area contributed by atoms with Gasteiger partial charge in [-0.3, -0.25) is 10.2 Å². The first-order valence-corrected chi connectivity index (χ1v) is 9.69. The van der Waals surface area contributed by atoms with Crippen LogP contribution >= 0.6 is 0 Å². The van der Waals surface area contributed by atoms with Crippen LogP contribution in [-0.2, 0) is 11.4 Å². The molecule has 0 saturated carbocycles. The zero-order valence-corrected chi connectivity index (χ0v) is 18.3. The van der Waals surface area contributed by atoms with E-state index in [-0.39, 0.29) is 0 Å². The molecule has 0 aliphatic heterocycles. The molecule has 4 N–H and O–H groups in total. The lowest BCUT2D eigenvalue weighted by molar-refractivity contribution is -0.109. The van der Waals surface area contributed by atoms with E-state index in [4.69, 9.17) is 19.0 Å². The molecule has 3 rings (SSSR count). The first-order chi connectivity index (χ1) is 15.1. The van der Waals surface area contributed by atoms with Gasteiger partial charge in [0.2, 0.25) is 6.41 Å². The zero-order chi connectivity index (χ0) is 22.6. The minimum atomic E-state index is 0.403. The van der Waals surface area contributed by atoms with Crippen molar-refractivity contribution < 1.29 is 19.0 Å². The number of aryl methyl sites for hydroxylation is 1. The van der Waals surface area contributed by atoms with Gasteiger partial charge in [0.25, 0.3) is 0 Å². The van der Waals surface area contributed by atoms with Crippen LogP contribution in [0.1, 0.15) is 11.1 Å². The number of amides is 1. The van der Waals surface area contributed by atoms with E-state index in [9.17, 15) is 0 Å². The van der Waals surface area contributed by atoms with Crippen molar-refractivity contribution in [1.82, 2.24) is 5.43 Å². The number of carbonyl (C=O) groups is 1. The van der Waals surface area contributed by atoms with E-state index in [1.165, 1.54) is 0 Å². The van der Waals surface area contributed by atoms with E-state index in [0.717, 1.165) is 45.2 Å². The van der Waals surface area contributed by atoms with Gasteiger partial charge in [-0.1, -0.05) is 30.3 Å². The lowest BCUT2D eigenvalue weighted by atomic mass is 10.0. The van der Waals surface area contributed by atoms with Gasteiger partial charge in [-0.05, 0) is 48.4 Å². The Labute approximate surface area is 183 Å². The summed E-state index contributed by atoms with van der Waals surface area (Å²) in [7, 11) is 5.26. The quantitative estimate of drug-likeness (QED) is 0.220.